The second-order valence-electron chi connectivity index (χ2n) is 8.20. The highest BCUT2D eigenvalue weighted by Gasteiger charge is 2.33. The number of aromatic nitrogens is 2. The van der Waals surface area contributed by atoms with Gasteiger partial charge in [-0.2, -0.15) is 0 Å². The Labute approximate surface area is 227 Å². The van der Waals surface area contributed by atoms with Gasteiger partial charge in [0, 0.05) is 30.4 Å². The van der Waals surface area contributed by atoms with Gasteiger partial charge in [-0.1, -0.05) is 35.3 Å². The molecule has 34 heavy (non-hydrogen) atoms. The summed E-state index contributed by atoms with van der Waals surface area (Å²) < 4.78 is 23.3. The van der Waals surface area contributed by atoms with Crippen molar-refractivity contribution in [1.82, 2.24) is 19.3 Å². The van der Waals surface area contributed by atoms with Crippen LogP contribution in [0, 0.1) is 10.1 Å². The molecule has 10 nitrogen and oxygen atoms in total. The lowest BCUT2D eigenvalue weighted by Crippen LogP contribution is -3.00. The Morgan fingerprint density at radius 1 is 1.24 bits per heavy atom. The molecule has 1 N–H and O–H groups in total. The molecule has 0 radical (unpaired) electrons. The summed E-state index contributed by atoms with van der Waals surface area (Å²) in [5.74, 6) is 0.187. The van der Waals surface area contributed by atoms with E-state index in [4.69, 9.17) is 27.7 Å². The molecule has 0 spiro atoms. The van der Waals surface area contributed by atoms with Gasteiger partial charge in [0.15, 0.2) is 0 Å². The average molecular weight is 649 g/mol. The van der Waals surface area contributed by atoms with Crippen molar-refractivity contribution in [3.8, 4) is 0 Å². The maximum atomic E-state index is 13.9. The second kappa shape index (κ2) is 14.7. The Bertz CT molecular complexity index is 944. The van der Waals surface area contributed by atoms with Gasteiger partial charge < -0.3 is 38.6 Å². The number of halogens is 3. The van der Waals surface area contributed by atoms with Gasteiger partial charge in [0.05, 0.1) is 34.2 Å². The molecule has 1 heterocycles. The van der Waals surface area contributed by atoms with Crippen LogP contribution < -0.4 is 29.1 Å². The Morgan fingerprint density at radius 2 is 1.85 bits per heavy atom. The molecule has 1 atom stereocenters. The molecule has 0 aliphatic carbocycles. The smallest absolute Gasteiger partial charge is 0.434 e. The predicted molar refractivity (Wildman–Crippen MR) is 130 cm³/mol. The van der Waals surface area contributed by atoms with E-state index in [2.05, 4.69) is 36.3 Å². The van der Waals surface area contributed by atoms with E-state index in [-0.39, 0.29) is 48.3 Å². The topological polar surface area (TPSA) is 103 Å². The molecule has 0 fully saturated rings. The maximum absolute atomic E-state index is 13.9. The number of alkyl halides is 2. The maximum Gasteiger partial charge on any atom is 0.434 e. The van der Waals surface area contributed by atoms with Crippen LogP contribution >= 0.6 is 30.9 Å². The first kappa shape index (κ1) is 31.2. The van der Waals surface area contributed by atoms with Gasteiger partial charge in [0.25, 0.3) is 0 Å². The zero-order valence-electron chi connectivity index (χ0n) is 19.6. The number of hydrogen-bond acceptors (Lipinski definition) is 5. The van der Waals surface area contributed by atoms with Gasteiger partial charge in [-0.25, -0.2) is 14.3 Å². The SMILES string of the molecule is Cn1c(COP(=O)(NCC[N+](C)(C)Cc2ccccc2)N(CCCl)CCCl)cnc1[N+](=O)[O-].[I-]. The molecule has 192 valence electrons. The third kappa shape index (κ3) is 9.34. The first-order valence-electron chi connectivity index (χ1n) is 10.5. The number of likely N-dealkylation sites (N-methyl/N-ethyl adjacent to an activating group) is 1. The molecule has 0 amide bonds. The number of imidazole rings is 1. The Hall–Kier alpha value is -0.790. The van der Waals surface area contributed by atoms with E-state index in [0.29, 0.717) is 36.4 Å². The molecule has 0 aliphatic rings. The molecule has 0 saturated carbocycles. The van der Waals surface area contributed by atoms with Crippen LogP contribution in [0.5, 0.6) is 0 Å². The zero-order valence-corrected chi connectivity index (χ0v) is 24.1. The van der Waals surface area contributed by atoms with E-state index in [1.54, 1.807) is 4.67 Å². The third-order valence-corrected chi connectivity index (χ3v) is 7.74. The van der Waals surface area contributed by atoms with Crippen LogP contribution in [0.2, 0.25) is 0 Å². The monoisotopic (exact) mass is 648 g/mol. The van der Waals surface area contributed by atoms with Crippen molar-refractivity contribution in [3.63, 3.8) is 0 Å². The minimum absolute atomic E-state index is 0. The van der Waals surface area contributed by atoms with E-state index in [9.17, 15) is 14.7 Å². The van der Waals surface area contributed by atoms with Crippen LogP contribution in [-0.2, 0) is 29.3 Å². The van der Waals surface area contributed by atoms with Crippen LogP contribution in [0.1, 0.15) is 11.3 Å². The molecule has 2 rings (SSSR count). The van der Waals surface area contributed by atoms with Crippen molar-refractivity contribution in [2.45, 2.75) is 13.2 Å². The quantitative estimate of drug-likeness (QED) is 0.0754. The summed E-state index contributed by atoms with van der Waals surface area (Å²) in [6, 6.07) is 10.2. The van der Waals surface area contributed by atoms with Crippen LogP contribution in [0.3, 0.4) is 0 Å². The number of quaternary nitrogens is 1. The van der Waals surface area contributed by atoms with E-state index >= 15 is 0 Å². The highest BCUT2D eigenvalue weighted by Crippen LogP contribution is 2.47. The number of rotatable bonds is 15. The molecule has 2 aromatic rings. The Balaban J connectivity index is 0.00000578. The first-order chi connectivity index (χ1) is 15.6. The summed E-state index contributed by atoms with van der Waals surface area (Å²) in [7, 11) is 2.18. The van der Waals surface area contributed by atoms with Crippen molar-refractivity contribution >= 4 is 36.8 Å². The molecule has 0 saturated heterocycles. The van der Waals surface area contributed by atoms with Crippen molar-refractivity contribution in [1.29, 1.82) is 0 Å². The third-order valence-electron chi connectivity index (χ3n) is 5.15. The molecule has 1 aromatic carbocycles. The Morgan fingerprint density at radius 3 is 2.38 bits per heavy atom. The van der Waals surface area contributed by atoms with Crippen molar-refractivity contribution in [3.05, 3.63) is 57.9 Å². The van der Waals surface area contributed by atoms with Gasteiger partial charge >= 0.3 is 13.6 Å². The minimum Gasteiger partial charge on any atom is -1.00 e. The summed E-state index contributed by atoms with van der Waals surface area (Å²) in [5, 5.41) is 14.1. The molecular weight excluding hydrogens is 617 g/mol. The summed E-state index contributed by atoms with van der Waals surface area (Å²) >= 11 is 11.9. The lowest BCUT2D eigenvalue weighted by Gasteiger charge is -2.33. The van der Waals surface area contributed by atoms with E-state index in [1.807, 2.05) is 18.2 Å². The highest BCUT2D eigenvalue weighted by molar-refractivity contribution is 7.54. The van der Waals surface area contributed by atoms with Crippen LogP contribution in [0.25, 0.3) is 0 Å². The fourth-order valence-electron chi connectivity index (χ4n) is 3.34. The summed E-state index contributed by atoms with van der Waals surface area (Å²) in [4.78, 5) is 14.3. The minimum atomic E-state index is -3.54. The standard InChI is InChI=1S/C20H32Cl2N6O4P.HI/c1-25-19(15-23-20(25)27(29)30)17-32-33(31,26(12-9-21)13-10-22)24-11-14-28(2,3)16-18-7-5-4-6-8-18;/h4-8,15H,9-14,16-17H2,1-3H3,(H,24,31);1H/q+1;/p-1. The largest absolute Gasteiger partial charge is 1.00 e. The normalized spacial score (nSPS) is 13.5. The molecule has 0 aliphatic heterocycles. The fourth-order valence-corrected chi connectivity index (χ4v) is 5.85. The van der Waals surface area contributed by atoms with Gasteiger partial charge in [0.2, 0.25) is 0 Å². The molecule has 1 unspecified atom stereocenters. The fraction of sp³-hybridized carbons (Fsp3) is 0.550. The van der Waals surface area contributed by atoms with Gasteiger partial charge in [-0.05, 0) is 4.92 Å². The molecule has 1 aromatic heterocycles. The van der Waals surface area contributed by atoms with Crippen molar-refractivity contribution in [2.24, 2.45) is 7.05 Å². The number of nitrogens with one attached hydrogen (secondary N) is 1. The van der Waals surface area contributed by atoms with Gasteiger partial charge in [0.1, 0.15) is 25.0 Å². The number of benzene rings is 1. The number of hydrogen-bond donors (Lipinski definition) is 1. The van der Waals surface area contributed by atoms with E-state index in [1.165, 1.54) is 23.4 Å². The predicted octanol–water partition coefficient (Wildman–Crippen LogP) is 0.603. The summed E-state index contributed by atoms with van der Waals surface area (Å²) in [6.45, 7) is 2.43. The summed E-state index contributed by atoms with van der Waals surface area (Å²) in [5.41, 5.74) is 1.64. The van der Waals surface area contributed by atoms with Crippen molar-refractivity contribution < 1.29 is 42.5 Å². The van der Waals surface area contributed by atoms with E-state index < -0.39 is 12.6 Å². The number of nitro groups is 1. The van der Waals surface area contributed by atoms with E-state index in [0.717, 1.165) is 6.54 Å². The lowest BCUT2D eigenvalue weighted by atomic mass is 10.2. The van der Waals surface area contributed by atoms with Crippen LogP contribution in [0.15, 0.2) is 36.5 Å². The van der Waals surface area contributed by atoms with Crippen LogP contribution in [0.4, 0.5) is 5.95 Å². The average Bonchev–Trinajstić information content (AvgIpc) is 3.13. The van der Waals surface area contributed by atoms with Gasteiger partial charge in [-0.3, -0.25) is 9.09 Å². The number of nitrogens with zero attached hydrogens (tertiary/aromatic N) is 5. The zero-order chi connectivity index (χ0) is 24.5. The molecular formula is C20H32Cl2IN6O4P. The first-order valence-corrected chi connectivity index (χ1v) is 13.1. The molecule has 0 bridgehead atoms. The Kier molecular flexibility index (Phi) is 13.5. The summed E-state index contributed by atoms with van der Waals surface area (Å²) in [6.07, 6.45) is 1.34. The van der Waals surface area contributed by atoms with Gasteiger partial charge in [-0.15, -0.1) is 23.2 Å². The molecule has 14 heteroatoms. The second-order valence-corrected chi connectivity index (χ2v) is 11.1. The van der Waals surface area contributed by atoms with Crippen molar-refractivity contribution in [2.75, 3.05) is 52.0 Å². The lowest BCUT2D eigenvalue weighted by molar-refractivity contribution is -0.902. The van der Waals surface area contributed by atoms with Crippen LogP contribution in [-0.4, -0.2) is 75.7 Å². The highest BCUT2D eigenvalue weighted by atomic mass is 127.